The monoisotopic (exact) mass is 390 g/mol. The maximum absolute atomic E-state index is 11.6. The Kier molecular flexibility index (Phi) is 6.64. The molecule has 3 aromatic rings. The summed E-state index contributed by atoms with van der Waals surface area (Å²) < 4.78 is 23.2. The largest absolute Gasteiger partial charge is 0.358 e. The molecule has 0 saturated carbocycles. The van der Waals surface area contributed by atoms with Crippen LogP contribution in [0.15, 0.2) is 59.5 Å². The van der Waals surface area contributed by atoms with Crippen LogP contribution in [0.3, 0.4) is 0 Å². The van der Waals surface area contributed by atoms with Gasteiger partial charge in [-0.25, -0.2) is 8.42 Å². The maximum Gasteiger partial charge on any atom is 0.175 e. The lowest BCUT2D eigenvalue weighted by molar-refractivity contribution is 0.602. The molecule has 0 aliphatic carbocycles. The predicted octanol–water partition coefficient (Wildman–Crippen LogP) is 4.55. The van der Waals surface area contributed by atoms with Crippen molar-refractivity contribution in [3.8, 4) is 22.4 Å². The molecule has 1 heterocycles. The van der Waals surface area contributed by atoms with Crippen molar-refractivity contribution in [3.05, 3.63) is 65.3 Å². The average Bonchev–Trinajstić information content (AvgIpc) is 2.97. The molecular weight excluding hydrogens is 368 g/mol. The Balaban J connectivity index is 0.000000758. The van der Waals surface area contributed by atoms with Crippen LogP contribution in [0.5, 0.6) is 0 Å². The first-order chi connectivity index (χ1) is 12.3. The van der Waals surface area contributed by atoms with Gasteiger partial charge in [0.1, 0.15) is 0 Å². The van der Waals surface area contributed by atoms with E-state index in [0.717, 1.165) is 28.1 Å². The first-order valence-corrected chi connectivity index (χ1v) is 10.4. The predicted molar refractivity (Wildman–Crippen MR) is 110 cm³/mol. The molecule has 0 amide bonds. The summed E-state index contributed by atoms with van der Waals surface area (Å²) in [4.78, 5) is 3.66. The van der Waals surface area contributed by atoms with Gasteiger partial charge in [0, 0.05) is 22.5 Å². The van der Waals surface area contributed by atoms with Crippen LogP contribution in [0.1, 0.15) is 5.69 Å². The van der Waals surface area contributed by atoms with Gasteiger partial charge in [0.05, 0.1) is 10.6 Å². The Morgan fingerprint density at radius 2 is 1.58 bits per heavy atom. The van der Waals surface area contributed by atoms with Gasteiger partial charge in [-0.05, 0) is 62.5 Å². The summed E-state index contributed by atoms with van der Waals surface area (Å²) >= 11 is 6.09. The molecular formula is C20H23ClN2O2S. The number of sulfone groups is 1. The Morgan fingerprint density at radius 3 is 2.12 bits per heavy atom. The molecule has 4 nitrogen and oxygen atoms in total. The lowest BCUT2D eigenvalue weighted by Gasteiger charge is -2.06. The molecule has 2 aromatic carbocycles. The minimum atomic E-state index is -3.19. The van der Waals surface area contributed by atoms with E-state index in [9.17, 15) is 8.42 Å². The van der Waals surface area contributed by atoms with Crippen LogP contribution in [-0.2, 0) is 9.84 Å². The molecule has 0 bridgehead atoms. The zero-order valence-electron chi connectivity index (χ0n) is 15.3. The fraction of sp³-hybridized carbons (Fsp3) is 0.200. The van der Waals surface area contributed by atoms with Crippen molar-refractivity contribution in [2.45, 2.75) is 11.8 Å². The standard InChI is InChI=1S/C18H16ClNO2S.C2H7N/c1-12-10-17(14-4-3-5-15(19)11-14)18(20-12)13-6-8-16(9-7-13)23(2,21)22;1-3-2/h3-11,20H,1-2H3;3H,1-2H3. The van der Waals surface area contributed by atoms with E-state index < -0.39 is 9.84 Å². The minimum absolute atomic E-state index is 0.314. The van der Waals surface area contributed by atoms with Gasteiger partial charge in [-0.2, -0.15) is 0 Å². The molecule has 2 N–H and O–H groups in total. The van der Waals surface area contributed by atoms with E-state index in [-0.39, 0.29) is 0 Å². The average molecular weight is 391 g/mol. The number of aromatic amines is 1. The normalized spacial score (nSPS) is 11.0. The molecule has 0 atom stereocenters. The maximum atomic E-state index is 11.6. The Hall–Kier alpha value is -2.08. The third-order valence-corrected chi connectivity index (χ3v) is 5.02. The number of nitrogens with one attached hydrogen (secondary N) is 2. The van der Waals surface area contributed by atoms with Crippen LogP contribution in [0.4, 0.5) is 0 Å². The highest BCUT2D eigenvalue weighted by atomic mass is 35.5. The number of benzene rings is 2. The summed E-state index contributed by atoms with van der Waals surface area (Å²) in [6.45, 7) is 1.99. The molecule has 6 heteroatoms. The second kappa shape index (κ2) is 8.54. The van der Waals surface area contributed by atoms with Crippen molar-refractivity contribution in [1.29, 1.82) is 0 Å². The molecule has 0 aliphatic rings. The molecule has 0 fully saturated rings. The summed E-state index contributed by atoms with van der Waals surface area (Å²) in [6, 6.07) is 16.6. The van der Waals surface area contributed by atoms with E-state index in [1.165, 1.54) is 6.26 Å². The minimum Gasteiger partial charge on any atom is -0.358 e. The Labute approximate surface area is 160 Å². The molecule has 0 radical (unpaired) electrons. The third-order valence-electron chi connectivity index (χ3n) is 3.66. The van der Waals surface area contributed by atoms with Crippen molar-refractivity contribution in [3.63, 3.8) is 0 Å². The van der Waals surface area contributed by atoms with Gasteiger partial charge in [0.25, 0.3) is 0 Å². The SMILES string of the molecule is CNC.Cc1cc(-c2cccc(Cl)c2)c(-c2ccc(S(C)(=O)=O)cc2)[nH]1. The number of halogens is 1. The van der Waals surface area contributed by atoms with Gasteiger partial charge in [-0.3, -0.25) is 0 Å². The number of aryl methyl sites for hydroxylation is 1. The van der Waals surface area contributed by atoms with E-state index in [4.69, 9.17) is 11.6 Å². The van der Waals surface area contributed by atoms with Gasteiger partial charge < -0.3 is 10.3 Å². The van der Waals surface area contributed by atoms with Crippen LogP contribution < -0.4 is 5.32 Å². The first kappa shape index (κ1) is 20.2. The summed E-state index contributed by atoms with van der Waals surface area (Å²) in [5.74, 6) is 0. The van der Waals surface area contributed by atoms with Crippen LogP contribution in [-0.4, -0.2) is 33.8 Å². The lowest BCUT2D eigenvalue weighted by Crippen LogP contribution is -1.96. The van der Waals surface area contributed by atoms with Gasteiger partial charge in [-0.1, -0.05) is 35.9 Å². The molecule has 0 aliphatic heterocycles. The molecule has 3 rings (SSSR count). The topological polar surface area (TPSA) is 62.0 Å². The van der Waals surface area contributed by atoms with Crippen molar-refractivity contribution in [2.24, 2.45) is 0 Å². The van der Waals surface area contributed by atoms with Crippen molar-refractivity contribution in [1.82, 2.24) is 10.3 Å². The van der Waals surface area contributed by atoms with Crippen molar-refractivity contribution >= 4 is 21.4 Å². The summed E-state index contributed by atoms with van der Waals surface area (Å²) in [6.07, 6.45) is 1.21. The molecule has 0 saturated heterocycles. The number of aromatic nitrogens is 1. The van der Waals surface area contributed by atoms with Crippen LogP contribution in [0.2, 0.25) is 5.02 Å². The van der Waals surface area contributed by atoms with E-state index in [0.29, 0.717) is 9.92 Å². The van der Waals surface area contributed by atoms with Crippen LogP contribution >= 0.6 is 11.6 Å². The number of hydrogen-bond donors (Lipinski definition) is 2. The number of H-pyrrole nitrogens is 1. The zero-order chi connectivity index (χ0) is 19.3. The summed E-state index contributed by atoms with van der Waals surface area (Å²) in [7, 11) is 0.558. The number of rotatable bonds is 3. The van der Waals surface area contributed by atoms with E-state index in [1.54, 1.807) is 12.1 Å². The molecule has 0 spiro atoms. The quantitative estimate of drug-likeness (QED) is 0.689. The smallest absolute Gasteiger partial charge is 0.175 e. The summed E-state index contributed by atoms with van der Waals surface area (Å²) in [5, 5.41) is 3.43. The zero-order valence-corrected chi connectivity index (χ0v) is 16.9. The summed E-state index contributed by atoms with van der Waals surface area (Å²) in [5.41, 5.74) is 4.97. The Morgan fingerprint density at radius 1 is 0.962 bits per heavy atom. The van der Waals surface area contributed by atoms with Gasteiger partial charge in [-0.15, -0.1) is 0 Å². The highest BCUT2D eigenvalue weighted by Gasteiger charge is 2.13. The van der Waals surface area contributed by atoms with Crippen molar-refractivity contribution in [2.75, 3.05) is 20.4 Å². The molecule has 138 valence electrons. The fourth-order valence-electron chi connectivity index (χ4n) is 2.57. The van der Waals surface area contributed by atoms with E-state index >= 15 is 0 Å². The molecule has 1 aromatic heterocycles. The number of hydrogen-bond acceptors (Lipinski definition) is 3. The third kappa shape index (κ3) is 4.97. The molecule has 26 heavy (non-hydrogen) atoms. The highest BCUT2D eigenvalue weighted by molar-refractivity contribution is 7.90. The van der Waals surface area contributed by atoms with Gasteiger partial charge in [0.15, 0.2) is 9.84 Å². The fourth-order valence-corrected chi connectivity index (χ4v) is 3.39. The van der Waals surface area contributed by atoms with Gasteiger partial charge >= 0.3 is 0 Å². The Bertz CT molecular complexity index is 977. The van der Waals surface area contributed by atoms with Crippen LogP contribution in [0, 0.1) is 6.92 Å². The second-order valence-corrected chi connectivity index (χ2v) is 8.50. The van der Waals surface area contributed by atoms with E-state index in [1.807, 2.05) is 57.4 Å². The van der Waals surface area contributed by atoms with E-state index in [2.05, 4.69) is 16.4 Å². The van der Waals surface area contributed by atoms with Gasteiger partial charge in [0.2, 0.25) is 0 Å². The second-order valence-electron chi connectivity index (χ2n) is 6.05. The first-order valence-electron chi connectivity index (χ1n) is 8.10. The van der Waals surface area contributed by atoms with Crippen LogP contribution in [0.25, 0.3) is 22.4 Å². The lowest BCUT2D eigenvalue weighted by atomic mass is 10.0. The molecule has 0 unspecified atom stereocenters. The highest BCUT2D eigenvalue weighted by Crippen LogP contribution is 2.34. The van der Waals surface area contributed by atoms with Crippen molar-refractivity contribution < 1.29 is 8.42 Å².